The first-order valence-electron chi connectivity index (χ1n) is 4.68. The smallest absolute Gasteiger partial charge is 0.0636 e. The summed E-state index contributed by atoms with van der Waals surface area (Å²) in [5, 5.41) is 12.1. The summed E-state index contributed by atoms with van der Waals surface area (Å²) in [5.74, 6) is 1.04. The standard InChI is InChI=1S/C9H19NO/c1-8(11)7-10-6-2-3-9-4-5-9/h8-11H,2-7H2,1H3. The van der Waals surface area contributed by atoms with E-state index in [2.05, 4.69) is 5.32 Å². The van der Waals surface area contributed by atoms with Crippen LogP contribution in [0.3, 0.4) is 0 Å². The maximum absolute atomic E-state index is 8.91. The van der Waals surface area contributed by atoms with Gasteiger partial charge in [-0.15, -0.1) is 0 Å². The lowest BCUT2D eigenvalue weighted by molar-refractivity contribution is 0.191. The van der Waals surface area contributed by atoms with Crippen molar-refractivity contribution in [3.63, 3.8) is 0 Å². The van der Waals surface area contributed by atoms with Crippen LogP contribution in [-0.4, -0.2) is 24.3 Å². The lowest BCUT2D eigenvalue weighted by Gasteiger charge is -2.05. The third-order valence-corrected chi connectivity index (χ3v) is 2.10. The molecule has 0 aromatic rings. The van der Waals surface area contributed by atoms with Crippen LogP contribution in [0.25, 0.3) is 0 Å². The first kappa shape index (κ1) is 9.01. The Balaban J connectivity index is 1.73. The summed E-state index contributed by atoms with van der Waals surface area (Å²) in [6.45, 7) is 3.62. The molecule has 0 aromatic carbocycles. The van der Waals surface area contributed by atoms with E-state index in [0.717, 1.165) is 19.0 Å². The van der Waals surface area contributed by atoms with Crippen LogP contribution in [0.1, 0.15) is 32.6 Å². The SMILES string of the molecule is CC(O)CNCCCC1CC1. The second-order valence-electron chi connectivity index (χ2n) is 3.64. The molecule has 1 atom stereocenters. The van der Waals surface area contributed by atoms with Gasteiger partial charge in [0.25, 0.3) is 0 Å². The molecule has 0 saturated heterocycles. The van der Waals surface area contributed by atoms with Gasteiger partial charge in [0.05, 0.1) is 6.10 Å². The van der Waals surface area contributed by atoms with Crippen molar-refractivity contribution in [3.8, 4) is 0 Å². The average molecular weight is 157 g/mol. The van der Waals surface area contributed by atoms with E-state index in [1.165, 1.54) is 25.7 Å². The van der Waals surface area contributed by atoms with Gasteiger partial charge >= 0.3 is 0 Å². The number of aliphatic hydroxyl groups excluding tert-OH is 1. The fraction of sp³-hybridized carbons (Fsp3) is 1.00. The summed E-state index contributed by atoms with van der Waals surface area (Å²) in [7, 11) is 0. The molecule has 1 aliphatic rings. The number of aliphatic hydroxyl groups is 1. The molecule has 1 saturated carbocycles. The van der Waals surface area contributed by atoms with Crippen molar-refractivity contribution in [1.82, 2.24) is 5.32 Å². The third-order valence-electron chi connectivity index (χ3n) is 2.10. The van der Waals surface area contributed by atoms with Crippen LogP contribution in [0.4, 0.5) is 0 Å². The molecule has 0 radical (unpaired) electrons. The monoisotopic (exact) mass is 157 g/mol. The Morgan fingerprint density at radius 2 is 2.27 bits per heavy atom. The maximum atomic E-state index is 8.91. The Morgan fingerprint density at radius 1 is 1.55 bits per heavy atom. The van der Waals surface area contributed by atoms with Crippen LogP contribution >= 0.6 is 0 Å². The Bertz CT molecular complexity index is 95.7. The number of rotatable bonds is 6. The molecule has 1 fully saturated rings. The van der Waals surface area contributed by atoms with Gasteiger partial charge in [0.2, 0.25) is 0 Å². The molecule has 0 aromatic heterocycles. The van der Waals surface area contributed by atoms with E-state index >= 15 is 0 Å². The van der Waals surface area contributed by atoms with Gasteiger partial charge in [-0.3, -0.25) is 0 Å². The maximum Gasteiger partial charge on any atom is 0.0636 e. The molecule has 0 heterocycles. The lowest BCUT2D eigenvalue weighted by atomic mass is 10.2. The zero-order valence-corrected chi connectivity index (χ0v) is 7.34. The molecule has 1 aliphatic carbocycles. The molecular formula is C9H19NO. The van der Waals surface area contributed by atoms with Crippen LogP contribution in [0.15, 0.2) is 0 Å². The van der Waals surface area contributed by atoms with Gasteiger partial charge in [0.15, 0.2) is 0 Å². The zero-order chi connectivity index (χ0) is 8.10. The first-order chi connectivity index (χ1) is 5.29. The molecular weight excluding hydrogens is 138 g/mol. The highest BCUT2D eigenvalue weighted by Crippen LogP contribution is 2.33. The van der Waals surface area contributed by atoms with Crippen molar-refractivity contribution in [3.05, 3.63) is 0 Å². The van der Waals surface area contributed by atoms with Crippen LogP contribution < -0.4 is 5.32 Å². The van der Waals surface area contributed by atoms with Crippen LogP contribution in [-0.2, 0) is 0 Å². The van der Waals surface area contributed by atoms with Gasteiger partial charge < -0.3 is 10.4 Å². The van der Waals surface area contributed by atoms with Crippen molar-refractivity contribution in [2.24, 2.45) is 5.92 Å². The zero-order valence-electron chi connectivity index (χ0n) is 7.34. The van der Waals surface area contributed by atoms with Crippen LogP contribution in [0.2, 0.25) is 0 Å². The first-order valence-corrected chi connectivity index (χ1v) is 4.68. The minimum absolute atomic E-state index is 0.198. The van der Waals surface area contributed by atoms with E-state index in [4.69, 9.17) is 5.11 Å². The van der Waals surface area contributed by atoms with Crippen molar-refractivity contribution in [1.29, 1.82) is 0 Å². The summed E-state index contributed by atoms with van der Waals surface area (Å²) in [6, 6.07) is 0. The third kappa shape index (κ3) is 5.22. The number of nitrogens with one attached hydrogen (secondary N) is 1. The van der Waals surface area contributed by atoms with Crippen LogP contribution in [0, 0.1) is 5.92 Å². The van der Waals surface area contributed by atoms with Gasteiger partial charge in [0, 0.05) is 6.54 Å². The van der Waals surface area contributed by atoms with E-state index in [9.17, 15) is 0 Å². The van der Waals surface area contributed by atoms with E-state index in [1.807, 2.05) is 6.92 Å². The van der Waals surface area contributed by atoms with E-state index in [-0.39, 0.29) is 6.10 Å². The molecule has 1 unspecified atom stereocenters. The van der Waals surface area contributed by atoms with Crippen molar-refractivity contribution >= 4 is 0 Å². The van der Waals surface area contributed by atoms with E-state index < -0.39 is 0 Å². The average Bonchev–Trinajstić information content (AvgIpc) is 2.70. The molecule has 0 spiro atoms. The molecule has 0 bridgehead atoms. The summed E-state index contributed by atoms with van der Waals surface area (Å²) in [4.78, 5) is 0. The highest BCUT2D eigenvalue weighted by atomic mass is 16.3. The van der Waals surface area contributed by atoms with E-state index in [1.54, 1.807) is 0 Å². The van der Waals surface area contributed by atoms with E-state index in [0.29, 0.717) is 0 Å². The molecule has 66 valence electrons. The lowest BCUT2D eigenvalue weighted by Crippen LogP contribution is -2.25. The van der Waals surface area contributed by atoms with Gasteiger partial charge in [-0.05, 0) is 32.2 Å². The molecule has 2 heteroatoms. The number of hydrogen-bond donors (Lipinski definition) is 2. The van der Waals surface area contributed by atoms with Crippen LogP contribution in [0.5, 0.6) is 0 Å². The summed E-state index contributed by atoms with van der Waals surface area (Å²) >= 11 is 0. The molecule has 2 N–H and O–H groups in total. The largest absolute Gasteiger partial charge is 0.392 e. The fourth-order valence-electron chi connectivity index (χ4n) is 1.23. The number of hydrogen-bond acceptors (Lipinski definition) is 2. The Hall–Kier alpha value is -0.0800. The van der Waals surface area contributed by atoms with Gasteiger partial charge in [0.1, 0.15) is 0 Å². The quantitative estimate of drug-likeness (QED) is 0.567. The van der Waals surface area contributed by atoms with Crippen molar-refractivity contribution in [2.75, 3.05) is 13.1 Å². The Kier molecular flexibility index (Phi) is 3.87. The fourth-order valence-corrected chi connectivity index (χ4v) is 1.23. The highest BCUT2D eigenvalue weighted by Gasteiger charge is 2.19. The molecule has 11 heavy (non-hydrogen) atoms. The molecule has 1 rings (SSSR count). The topological polar surface area (TPSA) is 32.3 Å². The highest BCUT2D eigenvalue weighted by molar-refractivity contribution is 4.72. The molecule has 0 amide bonds. The predicted molar refractivity (Wildman–Crippen MR) is 46.5 cm³/mol. The Morgan fingerprint density at radius 3 is 2.82 bits per heavy atom. The Labute approximate surface area is 69.0 Å². The minimum Gasteiger partial charge on any atom is -0.392 e. The summed E-state index contributed by atoms with van der Waals surface area (Å²) in [6.07, 6.45) is 5.37. The van der Waals surface area contributed by atoms with Gasteiger partial charge in [-0.1, -0.05) is 12.8 Å². The molecule has 0 aliphatic heterocycles. The molecule has 2 nitrogen and oxygen atoms in total. The van der Waals surface area contributed by atoms with Crippen molar-refractivity contribution in [2.45, 2.75) is 38.7 Å². The predicted octanol–water partition coefficient (Wildman–Crippen LogP) is 1.15. The minimum atomic E-state index is -0.198. The summed E-state index contributed by atoms with van der Waals surface area (Å²) < 4.78 is 0. The second kappa shape index (κ2) is 4.73. The normalized spacial score (nSPS) is 20.2. The van der Waals surface area contributed by atoms with Gasteiger partial charge in [-0.2, -0.15) is 0 Å². The van der Waals surface area contributed by atoms with Gasteiger partial charge in [-0.25, -0.2) is 0 Å². The van der Waals surface area contributed by atoms with Crippen molar-refractivity contribution < 1.29 is 5.11 Å². The second-order valence-corrected chi connectivity index (χ2v) is 3.64. The summed E-state index contributed by atoms with van der Waals surface area (Å²) in [5.41, 5.74) is 0.